The molecule has 0 saturated heterocycles. The molecule has 0 fully saturated rings. The fourth-order valence-corrected chi connectivity index (χ4v) is 2.84. The number of hydrogen-bond donors (Lipinski definition) is 1. The van der Waals surface area contributed by atoms with Gasteiger partial charge in [0.2, 0.25) is 5.43 Å². The molecule has 0 aliphatic carbocycles. The topological polar surface area (TPSA) is 73.2 Å². The summed E-state index contributed by atoms with van der Waals surface area (Å²) < 4.78 is 7.06. The second kappa shape index (κ2) is 8.71. The average Bonchev–Trinajstić information content (AvgIpc) is 2.67. The Bertz CT molecular complexity index is 1050. The molecule has 6 nitrogen and oxygen atoms in total. The van der Waals surface area contributed by atoms with Crippen molar-refractivity contribution in [3.8, 4) is 11.4 Å². The number of benzene rings is 2. The number of carbonyl (C=O) groups is 1. The minimum absolute atomic E-state index is 0.194. The fraction of sp³-hybridized carbons (Fsp3) is 0.190. The van der Waals surface area contributed by atoms with Crippen LogP contribution in [0.15, 0.2) is 59.4 Å². The lowest BCUT2D eigenvalue weighted by Gasteiger charge is -2.12. The maximum Gasteiger partial charge on any atom is 0.275 e. The van der Waals surface area contributed by atoms with Gasteiger partial charge in [0.1, 0.15) is 12.4 Å². The summed E-state index contributed by atoms with van der Waals surface area (Å²) in [5.74, 6) is 0.160. The molecule has 0 radical (unpaired) electrons. The molecule has 0 spiro atoms. The number of aryl methyl sites for hydroxylation is 2. The van der Waals surface area contributed by atoms with E-state index >= 15 is 0 Å². The van der Waals surface area contributed by atoms with Crippen molar-refractivity contribution in [1.29, 1.82) is 0 Å². The summed E-state index contributed by atoms with van der Waals surface area (Å²) >= 11 is 6.22. The first-order chi connectivity index (χ1) is 13.5. The molecule has 3 aromatic rings. The van der Waals surface area contributed by atoms with Gasteiger partial charge in [0.15, 0.2) is 5.69 Å². The molecule has 0 aliphatic rings. The first kappa shape index (κ1) is 19.6. The van der Waals surface area contributed by atoms with Crippen LogP contribution < -0.4 is 15.5 Å². The Morgan fingerprint density at radius 2 is 1.86 bits per heavy atom. The zero-order valence-electron chi connectivity index (χ0n) is 15.6. The largest absolute Gasteiger partial charge is 0.492 e. The summed E-state index contributed by atoms with van der Waals surface area (Å²) in [6, 6.07) is 16.1. The fourth-order valence-electron chi connectivity index (χ4n) is 2.62. The van der Waals surface area contributed by atoms with Crippen LogP contribution in [0.1, 0.15) is 21.7 Å². The predicted octanol–water partition coefficient (Wildman–Crippen LogP) is 3.31. The lowest BCUT2D eigenvalue weighted by Crippen LogP contribution is -2.34. The summed E-state index contributed by atoms with van der Waals surface area (Å²) in [6.45, 7) is 4.25. The Hall–Kier alpha value is -3.12. The molecule has 0 atom stereocenters. The Labute approximate surface area is 167 Å². The summed E-state index contributed by atoms with van der Waals surface area (Å²) in [5.41, 5.74) is 1.68. The third kappa shape index (κ3) is 4.58. The van der Waals surface area contributed by atoms with Gasteiger partial charge in [-0.3, -0.25) is 9.59 Å². The highest BCUT2D eigenvalue weighted by molar-refractivity contribution is 6.32. The molecule has 1 amide bonds. The zero-order chi connectivity index (χ0) is 20.1. The van der Waals surface area contributed by atoms with Crippen molar-refractivity contribution < 1.29 is 9.53 Å². The maximum absolute atomic E-state index is 12.4. The molecule has 0 unspecified atom stereocenters. The molecule has 7 heteroatoms. The van der Waals surface area contributed by atoms with Crippen molar-refractivity contribution in [2.45, 2.75) is 13.8 Å². The van der Waals surface area contributed by atoms with Crippen LogP contribution in [0.25, 0.3) is 5.69 Å². The Morgan fingerprint density at radius 3 is 2.57 bits per heavy atom. The molecule has 2 aromatic carbocycles. The second-order valence-corrected chi connectivity index (χ2v) is 6.69. The van der Waals surface area contributed by atoms with Gasteiger partial charge in [-0.15, -0.1) is 0 Å². The van der Waals surface area contributed by atoms with Gasteiger partial charge in [-0.1, -0.05) is 41.4 Å². The standard InChI is InChI=1S/C21H20ClN3O3/c1-14-7-9-16(10-8-14)28-12-11-23-21(27)20-19(26)13-15(2)25(24-20)18-6-4-3-5-17(18)22/h3-10,13H,11-12H2,1-2H3,(H,23,27). The number of aromatic nitrogens is 2. The van der Waals surface area contributed by atoms with Crippen LogP contribution in [-0.4, -0.2) is 28.8 Å². The molecule has 144 valence electrons. The summed E-state index contributed by atoms with van der Waals surface area (Å²) in [7, 11) is 0. The molecule has 28 heavy (non-hydrogen) atoms. The van der Waals surface area contributed by atoms with Crippen molar-refractivity contribution >= 4 is 17.5 Å². The predicted molar refractivity (Wildman–Crippen MR) is 109 cm³/mol. The van der Waals surface area contributed by atoms with Gasteiger partial charge in [-0.25, -0.2) is 4.68 Å². The number of nitrogens with zero attached hydrogens (tertiary/aromatic N) is 2. The molecule has 0 bridgehead atoms. The number of carbonyl (C=O) groups excluding carboxylic acids is 1. The van der Waals surface area contributed by atoms with Crippen LogP contribution in [0.4, 0.5) is 0 Å². The van der Waals surface area contributed by atoms with Gasteiger partial charge >= 0.3 is 0 Å². The van der Waals surface area contributed by atoms with Gasteiger partial charge in [-0.2, -0.15) is 5.10 Å². The van der Waals surface area contributed by atoms with Crippen molar-refractivity contribution in [2.24, 2.45) is 0 Å². The molecule has 0 aliphatic heterocycles. The molecule has 3 rings (SSSR count). The van der Waals surface area contributed by atoms with Crippen LogP contribution in [-0.2, 0) is 0 Å². The SMILES string of the molecule is Cc1ccc(OCCNC(=O)c2nn(-c3ccccc3Cl)c(C)cc2=O)cc1. The minimum Gasteiger partial charge on any atom is -0.492 e. The highest BCUT2D eigenvalue weighted by Gasteiger charge is 2.16. The number of rotatable bonds is 6. The highest BCUT2D eigenvalue weighted by Crippen LogP contribution is 2.19. The van der Waals surface area contributed by atoms with E-state index in [4.69, 9.17) is 16.3 Å². The lowest BCUT2D eigenvalue weighted by atomic mass is 10.2. The molecule has 1 aromatic heterocycles. The molecule has 1 N–H and O–H groups in total. The normalized spacial score (nSPS) is 10.5. The van der Waals surface area contributed by atoms with Crippen LogP contribution in [0.5, 0.6) is 5.75 Å². The van der Waals surface area contributed by atoms with E-state index in [0.717, 1.165) is 11.3 Å². The third-order valence-electron chi connectivity index (χ3n) is 4.08. The quantitative estimate of drug-likeness (QED) is 0.647. The van der Waals surface area contributed by atoms with Gasteiger partial charge in [-0.05, 0) is 38.1 Å². The zero-order valence-corrected chi connectivity index (χ0v) is 16.4. The van der Waals surface area contributed by atoms with Crippen molar-refractivity contribution in [1.82, 2.24) is 15.1 Å². The summed E-state index contributed by atoms with van der Waals surface area (Å²) in [4.78, 5) is 24.7. The van der Waals surface area contributed by atoms with Gasteiger partial charge in [0, 0.05) is 11.8 Å². The second-order valence-electron chi connectivity index (χ2n) is 6.28. The van der Waals surface area contributed by atoms with Crippen molar-refractivity contribution in [3.05, 3.63) is 86.8 Å². The van der Waals surface area contributed by atoms with Gasteiger partial charge in [0.05, 0.1) is 17.3 Å². The van der Waals surface area contributed by atoms with E-state index in [1.807, 2.05) is 37.3 Å². The van der Waals surface area contributed by atoms with E-state index in [1.54, 1.807) is 25.1 Å². The van der Waals surface area contributed by atoms with Crippen LogP contribution in [0, 0.1) is 13.8 Å². The molecule has 0 saturated carbocycles. The Balaban J connectivity index is 1.69. The summed E-state index contributed by atoms with van der Waals surface area (Å²) in [5, 5.41) is 7.35. The van der Waals surface area contributed by atoms with E-state index in [2.05, 4.69) is 10.4 Å². The lowest BCUT2D eigenvalue weighted by molar-refractivity contribution is 0.0939. The third-order valence-corrected chi connectivity index (χ3v) is 4.40. The first-order valence-electron chi connectivity index (χ1n) is 8.79. The van der Waals surface area contributed by atoms with Crippen LogP contribution in [0.2, 0.25) is 5.02 Å². The smallest absolute Gasteiger partial charge is 0.275 e. The van der Waals surface area contributed by atoms with E-state index < -0.39 is 11.3 Å². The van der Waals surface area contributed by atoms with Gasteiger partial charge in [0.25, 0.3) is 5.91 Å². The number of para-hydroxylation sites is 1. The number of halogens is 1. The average molecular weight is 398 g/mol. The molecule has 1 heterocycles. The van der Waals surface area contributed by atoms with E-state index in [-0.39, 0.29) is 18.8 Å². The van der Waals surface area contributed by atoms with E-state index in [0.29, 0.717) is 16.4 Å². The number of nitrogens with one attached hydrogen (secondary N) is 1. The Morgan fingerprint density at radius 1 is 1.14 bits per heavy atom. The van der Waals surface area contributed by atoms with Crippen molar-refractivity contribution in [3.63, 3.8) is 0 Å². The number of amides is 1. The van der Waals surface area contributed by atoms with Gasteiger partial charge < -0.3 is 10.1 Å². The number of hydrogen-bond acceptors (Lipinski definition) is 4. The maximum atomic E-state index is 12.4. The number of ether oxygens (including phenoxy) is 1. The first-order valence-corrected chi connectivity index (χ1v) is 9.17. The monoisotopic (exact) mass is 397 g/mol. The van der Waals surface area contributed by atoms with Crippen LogP contribution >= 0.6 is 11.6 Å². The Kier molecular flexibility index (Phi) is 6.11. The molecular formula is C21H20ClN3O3. The minimum atomic E-state index is -0.557. The highest BCUT2D eigenvalue weighted by atomic mass is 35.5. The van der Waals surface area contributed by atoms with Crippen molar-refractivity contribution in [2.75, 3.05) is 13.2 Å². The molecular weight excluding hydrogens is 378 g/mol. The van der Waals surface area contributed by atoms with E-state index in [1.165, 1.54) is 10.7 Å². The van der Waals surface area contributed by atoms with E-state index in [9.17, 15) is 9.59 Å². The summed E-state index contributed by atoms with van der Waals surface area (Å²) in [6.07, 6.45) is 0. The van der Waals surface area contributed by atoms with Crippen LogP contribution in [0.3, 0.4) is 0 Å².